The molecule has 0 fully saturated rings. The van der Waals surface area contributed by atoms with Crippen LogP contribution in [-0.2, 0) is 0 Å². The van der Waals surface area contributed by atoms with Crippen molar-refractivity contribution < 1.29 is 0 Å². The number of fused-ring (bicyclic) bond motifs is 1. The van der Waals surface area contributed by atoms with Gasteiger partial charge < -0.3 is 0 Å². The zero-order valence-corrected chi connectivity index (χ0v) is 9.76. The Morgan fingerprint density at radius 1 is 1.18 bits per heavy atom. The average molecular weight is 246 g/mol. The first-order valence-electron chi connectivity index (χ1n) is 5.04. The van der Waals surface area contributed by atoms with Crippen LogP contribution in [0.4, 0.5) is 0 Å². The van der Waals surface area contributed by atoms with Crippen LogP contribution in [0.2, 0.25) is 5.15 Å². The van der Waals surface area contributed by atoms with E-state index in [2.05, 4.69) is 20.2 Å². The number of nitrogens with zero attached hydrogens (tertiary/aromatic N) is 5. The monoisotopic (exact) mass is 245 g/mol. The highest BCUT2D eigenvalue weighted by Gasteiger charge is 2.12. The predicted molar refractivity (Wildman–Crippen MR) is 63.8 cm³/mol. The Bertz CT molecular complexity index is 691. The Hall–Kier alpha value is -2.01. The van der Waals surface area contributed by atoms with Crippen molar-refractivity contribution >= 4 is 17.2 Å². The second-order valence-corrected chi connectivity index (χ2v) is 3.93. The van der Waals surface area contributed by atoms with E-state index in [9.17, 15) is 0 Å². The maximum Gasteiger partial charge on any atom is 0.198 e. The van der Waals surface area contributed by atoms with Crippen LogP contribution >= 0.6 is 11.6 Å². The summed E-state index contributed by atoms with van der Waals surface area (Å²) in [4.78, 5) is 8.20. The Balaban J connectivity index is 2.33. The van der Waals surface area contributed by atoms with Gasteiger partial charge in [0.25, 0.3) is 0 Å². The van der Waals surface area contributed by atoms with E-state index in [1.54, 1.807) is 23.0 Å². The fraction of sp³-hybridized carbons (Fsp3) is 0.0909. The van der Waals surface area contributed by atoms with Crippen LogP contribution < -0.4 is 0 Å². The van der Waals surface area contributed by atoms with Gasteiger partial charge in [0, 0.05) is 29.8 Å². The minimum atomic E-state index is 0.341. The summed E-state index contributed by atoms with van der Waals surface area (Å²) < 4.78 is 1.80. The molecule has 3 heterocycles. The molecule has 0 amide bonds. The minimum Gasteiger partial charge on any atom is -0.278 e. The molecular weight excluding hydrogens is 238 g/mol. The largest absolute Gasteiger partial charge is 0.278 e. The number of aromatic nitrogens is 5. The van der Waals surface area contributed by atoms with E-state index in [1.165, 1.54) is 0 Å². The predicted octanol–water partition coefficient (Wildman–Crippen LogP) is 2.15. The SMILES string of the molecule is Cc1ncccc1-c1nnc2c(Cl)nccn12. The van der Waals surface area contributed by atoms with Crippen molar-refractivity contribution in [2.75, 3.05) is 0 Å². The van der Waals surface area contributed by atoms with Gasteiger partial charge in [-0.15, -0.1) is 10.2 Å². The number of hydrogen-bond donors (Lipinski definition) is 0. The molecule has 0 saturated carbocycles. The lowest BCUT2D eigenvalue weighted by atomic mass is 10.2. The smallest absolute Gasteiger partial charge is 0.198 e. The summed E-state index contributed by atoms with van der Waals surface area (Å²) >= 11 is 5.95. The van der Waals surface area contributed by atoms with Gasteiger partial charge in [-0.1, -0.05) is 11.6 Å². The third kappa shape index (κ3) is 1.55. The lowest BCUT2D eigenvalue weighted by molar-refractivity contribution is 1.09. The Morgan fingerprint density at radius 2 is 2.06 bits per heavy atom. The molecule has 6 heteroatoms. The average Bonchev–Trinajstić information content (AvgIpc) is 2.75. The molecule has 0 aliphatic rings. The Labute approximate surface area is 102 Å². The summed E-state index contributed by atoms with van der Waals surface area (Å²) in [5.74, 6) is 0.718. The molecule has 0 aliphatic carbocycles. The number of halogens is 1. The lowest BCUT2D eigenvalue weighted by Crippen LogP contribution is -1.94. The maximum absolute atomic E-state index is 5.95. The summed E-state index contributed by atoms with van der Waals surface area (Å²) in [7, 11) is 0. The van der Waals surface area contributed by atoms with Gasteiger partial charge in [-0.2, -0.15) is 0 Å². The van der Waals surface area contributed by atoms with Gasteiger partial charge in [0.2, 0.25) is 0 Å². The summed E-state index contributed by atoms with van der Waals surface area (Å²) in [5, 5.41) is 8.50. The Morgan fingerprint density at radius 3 is 2.88 bits per heavy atom. The molecule has 0 saturated heterocycles. The highest BCUT2D eigenvalue weighted by molar-refractivity contribution is 6.32. The van der Waals surface area contributed by atoms with Crippen molar-refractivity contribution in [3.63, 3.8) is 0 Å². The normalized spacial score (nSPS) is 10.9. The van der Waals surface area contributed by atoms with Gasteiger partial charge >= 0.3 is 0 Å². The van der Waals surface area contributed by atoms with Crippen molar-refractivity contribution in [3.8, 4) is 11.4 Å². The second kappa shape index (κ2) is 3.78. The molecule has 84 valence electrons. The molecule has 0 N–H and O–H groups in total. The maximum atomic E-state index is 5.95. The number of aryl methyl sites for hydroxylation is 1. The van der Waals surface area contributed by atoms with Crippen LogP contribution in [0, 0.1) is 6.92 Å². The minimum absolute atomic E-state index is 0.341. The fourth-order valence-electron chi connectivity index (χ4n) is 1.70. The summed E-state index contributed by atoms with van der Waals surface area (Å²) in [5.41, 5.74) is 2.38. The van der Waals surface area contributed by atoms with Crippen molar-refractivity contribution in [3.05, 3.63) is 41.6 Å². The van der Waals surface area contributed by atoms with Crippen LogP contribution in [0.1, 0.15) is 5.69 Å². The van der Waals surface area contributed by atoms with Crippen LogP contribution in [0.3, 0.4) is 0 Å². The fourth-order valence-corrected chi connectivity index (χ4v) is 1.89. The van der Waals surface area contributed by atoms with Gasteiger partial charge in [0.1, 0.15) is 0 Å². The zero-order chi connectivity index (χ0) is 11.8. The first-order valence-corrected chi connectivity index (χ1v) is 5.42. The van der Waals surface area contributed by atoms with Crippen molar-refractivity contribution in [2.45, 2.75) is 6.92 Å². The van der Waals surface area contributed by atoms with Crippen LogP contribution in [0.25, 0.3) is 17.0 Å². The molecular formula is C11H8ClN5. The molecule has 3 aromatic rings. The third-order valence-corrected chi connectivity index (χ3v) is 2.80. The quantitative estimate of drug-likeness (QED) is 0.659. The Kier molecular flexibility index (Phi) is 2.26. The zero-order valence-electron chi connectivity index (χ0n) is 9.00. The highest BCUT2D eigenvalue weighted by atomic mass is 35.5. The standard InChI is InChI=1S/C11H8ClN5/c1-7-8(3-2-4-13-7)10-15-16-11-9(12)14-5-6-17(10)11/h2-6H,1H3. The van der Waals surface area contributed by atoms with Gasteiger partial charge in [0.15, 0.2) is 16.6 Å². The summed E-state index contributed by atoms with van der Waals surface area (Å²) in [6.45, 7) is 1.93. The number of hydrogen-bond acceptors (Lipinski definition) is 4. The second-order valence-electron chi connectivity index (χ2n) is 3.57. The van der Waals surface area contributed by atoms with E-state index in [0.29, 0.717) is 10.8 Å². The van der Waals surface area contributed by atoms with Crippen LogP contribution in [0.5, 0.6) is 0 Å². The molecule has 0 unspecified atom stereocenters. The third-order valence-electron chi connectivity index (χ3n) is 2.53. The summed E-state index contributed by atoms with van der Waals surface area (Å²) in [6.07, 6.45) is 5.15. The van der Waals surface area contributed by atoms with E-state index in [1.807, 2.05) is 19.1 Å². The molecule has 0 atom stereocenters. The van der Waals surface area contributed by atoms with Gasteiger partial charge in [-0.3, -0.25) is 9.38 Å². The number of rotatable bonds is 1. The van der Waals surface area contributed by atoms with Crippen LogP contribution in [-0.4, -0.2) is 24.6 Å². The topological polar surface area (TPSA) is 56.0 Å². The number of pyridine rings is 1. The molecule has 0 spiro atoms. The molecule has 3 aromatic heterocycles. The molecule has 5 nitrogen and oxygen atoms in total. The van der Waals surface area contributed by atoms with Gasteiger partial charge in [-0.05, 0) is 19.1 Å². The van der Waals surface area contributed by atoms with E-state index in [4.69, 9.17) is 11.6 Å². The molecule has 0 aliphatic heterocycles. The van der Waals surface area contributed by atoms with E-state index in [0.717, 1.165) is 17.1 Å². The molecule has 0 aromatic carbocycles. The molecule has 0 bridgehead atoms. The first-order chi connectivity index (χ1) is 8.27. The lowest BCUT2D eigenvalue weighted by Gasteiger charge is -2.02. The van der Waals surface area contributed by atoms with Gasteiger partial charge in [0.05, 0.1) is 0 Å². The summed E-state index contributed by atoms with van der Waals surface area (Å²) in [6, 6.07) is 3.82. The van der Waals surface area contributed by atoms with Crippen molar-refractivity contribution in [2.24, 2.45) is 0 Å². The molecule has 3 rings (SSSR count). The molecule has 17 heavy (non-hydrogen) atoms. The molecule has 0 radical (unpaired) electrons. The van der Waals surface area contributed by atoms with E-state index in [-0.39, 0.29) is 0 Å². The highest BCUT2D eigenvalue weighted by Crippen LogP contribution is 2.22. The van der Waals surface area contributed by atoms with E-state index < -0.39 is 0 Å². The van der Waals surface area contributed by atoms with Crippen molar-refractivity contribution in [1.29, 1.82) is 0 Å². The first kappa shape index (κ1) is 10.2. The van der Waals surface area contributed by atoms with E-state index >= 15 is 0 Å². The van der Waals surface area contributed by atoms with Crippen molar-refractivity contribution in [1.82, 2.24) is 24.6 Å². The van der Waals surface area contributed by atoms with Crippen LogP contribution in [0.15, 0.2) is 30.7 Å². The van der Waals surface area contributed by atoms with Gasteiger partial charge in [-0.25, -0.2) is 4.98 Å².